The summed E-state index contributed by atoms with van der Waals surface area (Å²) in [6.45, 7) is 3.46. The number of hydrogen-bond acceptors (Lipinski definition) is 5. The van der Waals surface area contributed by atoms with Crippen LogP contribution in [0.5, 0.6) is 0 Å². The van der Waals surface area contributed by atoms with Gasteiger partial charge in [0, 0.05) is 18.2 Å². The fourth-order valence-corrected chi connectivity index (χ4v) is 5.72. The van der Waals surface area contributed by atoms with Gasteiger partial charge in [-0.2, -0.15) is 0 Å². The highest BCUT2D eigenvalue weighted by Crippen LogP contribution is 2.22. The summed E-state index contributed by atoms with van der Waals surface area (Å²) in [5.74, 6) is -0.225. The molecule has 1 heterocycles. The molecule has 0 unspecified atom stereocenters. The van der Waals surface area contributed by atoms with Crippen LogP contribution in [0, 0.1) is 5.92 Å². The largest absolute Gasteiger partial charge is 0.326 e. The number of sulfonamides is 1. The Balaban J connectivity index is 1.95. The average Bonchev–Trinajstić information content (AvgIpc) is 2.76. The molecule has 1 aromatic rings. The van der Waals surface area contributed by atoms with Crippen molar-refractivity contribution < 1.29 is 21.6 Å². The van der Waals surface area contributed by atoms with Gasteiger partial charge >= 0.3 is 0 Å². The van der Waals surface area contributed by atoms with Gasteiger partial charge in [-0.15, -0.1) is 0 Å². The number of benzene rings is 1. The maximum atomic E-state index is 12.0. The van der Waals surface area contributed by atoms with Gasteiger partial charge in [0.25, 0.3) is 0 Å². The Hall–Kier alpha value is -1.45. The van der Waals surface area contributed by atoms with Gasteiger partial charge in [-0.3, -0.25) is 4.79 Å². The Bertz CT molecular complexity index is 799. The second kappa shape index (κ2) is 7.20. The summed E-state index contributed by atoms with van der Waals surface area (Å²) < 4.78 is 49.3. The van der Waals surface area contributed by atoms with Crippen LogP contribution in [0.3, 0.4) is 0 Å². The van der Waals surface area contributed by atoms with Crippen LogP contribution in [0.2, 0.25) is 0 Å². The van der Waals surface area contributed by atoms with Crippen molar-refractivity contribution in [2.24, 2.45) is 5.92 Å². The van der Waals surface area contributed by atoms with Gasteiger partial charge in [0.2, 0.25) is 15.9 Å². The molecular weight excluding hydrogens is 352 g/mol. The minimum Gasteiger partial charge on any atom is -0.326 e. The lowest BCUT2D eigenvalue weighted by Gasteiger charge is -2.11. The zero-order valence-corrected chi connectivity index (χ0v) is 15.3. The van der Waals surface area contributed by atoms with Gasteiger partial charge in [0.15, 0.2) is 9.84 Å². The van der Waals surface area contributed by atoms with Crippen molar-refractivity contribution in [1.29, 1.82) is 0 Å². The third-order valence-electron chi connectivity index (χ3n) is 3.64. The van der Waals surface area contributed by atoms with E-state index in [0.717, 1.165) is 0 Å². The SMILES string of the molecule is CC(C)NS(=O)(=O)c1ccc(NC(=O)C[C@H]2CCS(=O)(=O)C2)cc1. The standard InChI is InChI=1S/C15H22N2O5S2/c1-11(2)17-24(21,22)14-5-3-13(4-6-14)16-15(18)9-12-7-8-23(19,20)10-12/h3-6,11-12,17H,7-10H2,1-2H3,(H,16,18)/t12-/m1/s1. The van der Waals surface area contributed by atoms with E-state index in [4.69, 9.17) is 0 Å². The van der Waals surface area contributed by atoms with Crippen LogP contribution < -0.4 is 10.0 Å². The highest BCUT2D eigenvalue weighted by Gasteiger charge is 2.29. The van der Waals surface area contributed by atoms with E-state index in [9.17, 15) is 21.6 Å². The Morgan fingerprint density at radius 1 is 1.25 bits per heavy atom. The van der Waals surface area contributed by atoms with Crippen LogP contribution in [-0.2, 0) is 24.7 Å². The van der Waals surface area contributed by atoms with Gasteiger partial charge in [0.05, 0.1) is 16.4 Å². The Kier molecular flexibility index (Phi) is 5.67. The summed E-state index contributed by atoms with van der Waals surface area (Å²) in [5.41, 5.74) is 0.476. The Labute approximate surface area is 142 Å². The van der Waals surface area contributed by atoms with Crippen molar-refractivity contribution >= 4 is 31.5 Å². The van der Waals surface area contributed by atoms with Crippen molar-refractivity contribution in [3.8, 4) is 0 Å². The fourth-order valence-electron chi connectivity index (χ4n) is 2.60. The molecule has 1 fully saturated rings. The van der Waals surface area contributed by atoms with Crippen molar-refractivity contribution in [1.82, 2.24) is 4.72 Å². The number of hydrogen-bond donors (Lipinski definition) is 2. The lowest BCUT2D eigenvalue weighted by molar-refractivity contribution is -0.116. The van der Waals surface area contributed by atoms with Gasteiger partial charge in [-0.1, -0.05) is 0 Å². The van der Waals surface area contributed by atoms with Crippen LogP contribution >= 0.6 is 0 Å². The number of nitrogens with one attached hydrogen (secondary N) is 2. The monoisotopic (exact) mass is 374 g/mol. The molecule has 2 N–H and O–H groups in total. The van der Waals surface area contributed by atoms with Gasteiger partial charge in [-0.05, 0) is 50.5 Å². The summed E-state index contributed by atoms with van der Waals surface area (Å²) in [6, 6.07) is 5.65. The van der Waals surface area contributed by atoms with Crippen molar-refractivity contribution in [2.75, 3.05) is 16.8 Å². The van der Waals surface area contributed by atoms with E-state index in [2.05, 4.69) is 10.0 Å². The van der Waals surface area contributed by atoms with E-state index in [1.54, 1.807) is 13.8 Å². The third-order valence-corrected chi connectivity index (χ3v) is 7.15. The number of sulfone groups is 1. The molecule has 0 saturated carbocycles. The molecular formula is C15H22N2O5S2. The van der Waals surface area contributed by atoms with Crippen LogP contribution in [0.4, 0.5) is 5.69 Å². The second-order valence-electron chi connectivity index (χ2n) is 6.32. The Morgan fingerprint density at radius 3 is 2.38 bits per heavy atom. The lowest BCUT2D eigenvalue weighted by Crippen LogP contribution is -2.30. The van der Waals surface area contributed by atoms with Crippen LogP contribution in [0.1, 0.15) is 26.7 Å². The molecule has 24 heavy (non-hydrogen) atoms. The molecule has 0 aromatic heterocycles. The quantitative estimate of drug-likeness (QED) is 0.776. The summed E-state index contributed by atoms with van der Waals surface area (Å²) in [6.07, 6.45) is 0.655. The van der Waals surface area contributed by atoms with Gasteiger partial charge in [0.1, 0.15) is 0 Å². The second-order valence-corrected chi connectivity index (χ2v) is 10.3. The van der Waals surface area contributed by atoms with Gasteiger partial charge < -0.3 is 5.32 Å². The first-order valence-electron chi connectivity index (χ1n) is 7.70. The molecule has 0 bridgehead atoms. The molecule has 7 nitrogen and oxygen atoms in total. The van der Waals surface area contributed by atoms with E-state index >= 15 is 0 Å². The minimum absolute atomic E-state index is 0.0540. The zero-order valence-electron chi connectivity index (χ0n) is 13.7. The molecule has 1 atom stereocenters. The van der Waals surface area contributed by atoms with Gasteiger partial charge in [-0.25, -0.2) is 21.6 Å². The molecule has 2 rings (SSSR count). The normalized spacial score (nSPS) is 20.2. The van der Waals surface area contributed by atoms with E-state index in [1.807, 2.05) is 0 Å². The maximum Gasteiger partial charge on any atom is 0.240 e. The maximum absolute atomic E-state index is 12.0. The zero-order chi connectivity index (χ0) is 18.0. The molecule has 1 saturated heterocycles. The van der Waals surface area contributed by atoms with E-state index in [-0.39, 0.29) is 40.7 Å². The highest BCUT2D eigenvalue weighted by atomic mass is 32.2. The molecule has 0 radical (unpaired) electrons. The van der Waals surface area contributed by atoms with E-state index in [1.165, 1.54) is 24.3 Å². The predicted molar refractivity (Wildman–Crippen MR) is 91.9 cm³/mol. The number of carbonyl (C=O) groups excluding carboxylic acids is 1. The Morgan fingerprint density at radius 2 is 1.88 bits per heavy atom. The lowest BCUT2D eigenvalue weighted by atomic mass is 10.1. The number of carbonyl (C=O) groups is 1. The first-order valence-corrected chi connectivity index (χ1v) is 11.0. The van der Waals surface area contributed by atoms with E-state index < -0.39 is 19.9 Å². The predicted octanol–water partition coefficient (Wildman–Crippen LogP) is 1.14. The average molecular weight is 374 g/mol. The number of rotatable bonds is 6. The first-order chi connectivity index (χ1) is 11.1. The summed E-state index contributed by atoms with van der Waals surface area (Å²) in [7, 11) is -6.57. The van der Waals surface area contributed by atoms with E-state index in [0.29, 0.717) is 12.1 Å². The molecule has 1 aromatic carbocycles. The molecule has 134 valence electrons. The fraction of sp³-hybridized carbons (Fsp3) is 0.533. The van der Waals surface area contributed by atoms with Crippen molar-refractivity contribution in [2.45, 2.75) is 37.6 Å². The van der Waals surface area contributed by atoms with Crippen molar-refractivity contribution in [3.63, 3.8) is 0 Å². The smallest absolute Gasteiger partial charge is 0.240 e. The van der Waals surface area contributed by atoms with Crippen molar-refractivity contribution in [3.05, 3.63) is 24.3 Å². The van der Waals surface area contributed by atoms with Crippen LogP contribution in [-0.4, -0.2) is 40.3 Å². The molecule has 0 aliphatic carbocycles. The summed E-state index contributed by atoms with van der Waals surface area (Å²) in [4.78, 5) is 12.1. The summed E-state index contributed by atoms with van der Waals surface area (Å²) in [5, 5.41) is 2.67. The minimum atomic E-state index is -3.57. The number of amides is 1. The molecule has 0 spiro atoms. The summed E-state index contributed by atoms with van der Waals surface area (Å²) >= 11 is 0. The molecule has 1 aliphatic rings. The van der Waals surface area contributed by atoms with Crippen LogP contribution in [0.25, 0.3) is 0 Å². The third kappa shape index (κ3) is 5.29. The first kappa shape index (κ1) is 18.9. The van der Waals surface area contributed by atoms with Crippen LogP contribution in [0.15, 0.2) is 29.2 Å². The molecule has 9 heteroatoms. The molecule has 1 amide bonds. The molecule has 1 aliphatic heterocycles. The number of anilines is 1. The topological polar surface area (TPSA) is 109 Å². The highest BCUT2D eigenvalue weighted by molar-refractivity contribution is 7.91.